The van der Waals surface area contributed by atoms with Gasteiger partial charge in [0, 0.05) is 11.4 Å². The van der Waals surface area contributed by atoms with Crippen molar-refractivity contribution < 1.29 is 0 Å². The van der Waals surface area contributed by atoms with Crippen molar-refractivity contribution in [3.8, 4) is 0 Å². The van der Waals surface area contributed by atoms with Crippen LogP contribution in [0.15, 0.2) is 17.8 Å². The summed E-state index contributed by atoms with van der Waals surface area (Å²) in [7, 11) is 0. The van der Waals surface area contributed by atoms with Crippen molar-refractivity contribution in [2.75, 3.05) is 17.2 Å². The fourth-order valence-electron chi connectivity index (χ4n) is 2.84. The van der Waals surface area contributed by atoms with Crippen LogP contribution in [0, 0.1) is 0 Å². The molecular formula is C13H14N6S. The minimum absolute atomic E-state index is 0.267. The number of fused-ring (bicyclic) bond motifs is 2. The van der Waals surface area contributed by atoms with Gasteiger partial charge in [-0.1, -0.05) is 0 Å². The summed E-state index contributed by atoms with van der Waals surface area (Å²) in [6, 6.07) is 2.48. The molecular weight excluding hydrogens is 272 g/mol. The van der Waals surface area contributed by atoms with Crippen molar-refractivity contribution in [2.45, 2.75) is 19.4 Å². The number of hydrogen-bond acceptors (Lipinski definition) is 6. The monoisotopic (exact) mass is 286 g/mol. The van der Waals surface area contributed by atoms with Crippen LogP contribution in [0.1, 0.15) is 23.4 Å². The van der Waals surface area contributed by atoms with E-state index in [4.69, 9.17) is 5.73 Å². The Bertz CT molecular complexity index is 776. The fraction of sp³-hybridized carbons (Fsp3) is 0.308. The van der Waals surface area contributed by atoms with Gasteiger partial charge in [0.05, 0.1) is 12.4 Å². The SMILES string of the molecule is CC1c2ccsc2CCN1c1nc(N)nc2nc[nH]c12. The Morgan fingerprint density at radius 1 is 1.45 bits per heavy atom. The molecule has 0 aliphatic carbocycles. The number of nitrogens with zero attached hydrogens (tertiary/aromatic N) is 4. The van der Waals surface area contributed by atoms with Crippen LogP contribution in [0.4, 0.5) is 11.8 Å². The first-order valence-corrected chi connectivity index (χ1v) is 7.41. The van der Waals surface area contributed by atoms with Crippen LogP contribution in [0.25, 0.3) is 11.2 Å². The quantitative estimate of drug-likeness (QED) is 0.716. The van der Waals surface area contributed by atoms with Gasteiger partial charge in [-0.15, -0.1) is 11.3 Å². The van der Waals surface area contributed by atoms with E-state index < -0.39 is 0 Å². The Kier molecular flexibility index (Phi) is 2.43. The van der Waals surface area contributed by atoms with E-state index in [-0.39, 0.29) is 12.0 Å². The second kappa shape index (κ2) is 4.17. The van der Waals surface area contributed by atoms with Gasteiger partial charge in [0.15, 0.2) is 11.5 Å². The minimum atomic E-state index is 0.267. The van der Waals surface area contributed by atoms with Crippen LogP contribution in [-0.4, -0.2) is 26.5 Å². The van der Waals surface area contributed by atoms with E-state index >= 15 is 0 Å². The van der Waals surface area contributed by atoms with Gasteiger partial charge in [0.1, 0.15) is 5.52 Å². The van der Waals surface area contributed by atoms with Crippen molar-refractivity contribution in [1.82, 2.24) is 19.9 Å². The third-order valence-corrected chi connectivity index (χ3v) is 4.83. The van der Waals surface area contributed by atoms with Crippen LogP contribution in [0.2, 0.25) is 0 Å². The van der Waals surface area contributed by atoms with Gasteiger partial charge in [0.2, 0.25) is 5.95 Å². The first kappa shape index (κ1) is 11.7. The molecule has 0 saturated carbocycles. The average molecular weight is 286 g/mol. The molecule has 0 amide bonds. The molecule has 6 nitrogen and oxygen atoms in total. The zero-order valence-electron chi connectivity index (χ0n) is 11.0. The predicted molar refractivity (Wildman–Crippen MR) is 79.9 cm³/mol. The molecule has 0 saturated heterocycles. The summed E-state index contributed by atoms with van der Waals surface area (Å²) in [6.45, 7) is 3.13. The van der Waals surface area contributed by atoms with Crippen LogP contribution >= 0.6 is 11.3 Å². The molecule has 7 heteroatoms. The minimum Gasteiger partial charge on any atom is -0.368 e. The lowest BCUT2D eigenvalue weighted by molar-refractivity contribution is 0.627. The fourth-order valence-corrected chi connectivity index (χ4v) is 3.80. The summed E-state index contributed by atoms with van der Waals surface area (Å²) >= 11 is 1.83. The van der Waals surface area contributed by atoms with Gasteiger partial charge in [-0.2, -0.15) is 9.97 Å². The van der Waals surface area contributed by atoms with Gasteiger partial charge >= 0.3 is 0 Å². The molecule has 3 aromatic heterocycles. The number of nitrogens with one attached hydrogen (secondary N) is 1. The number of hydrogen-bond donors (Lipinski definition) is 2. The normalized spacial score (nSPS) is 18.4. The molecule has 0 bridgehead atoms. The van der Waals surface area contributed by atoms with Crippen molar-refractivity contribution in [2.24, 2.45) is 0 Å². The van der Waals surface area contributed by atoms with Crippen LogP contribution in [0.3, 0.4) is 0 Å². The molecule has 0 aromatic carbocycles. The molecule has 0 radical (unpaired) electrons. The molecule has 0 spiro atoms. The van der Waals surface area contributed by atoms with E-state index in [0.717, 1.165) is 24.3 Å². The molecule has 20 heavy (non-hydrogen) atoms. The summed E-state index contributed by atoms with van der Waals surface area (Å²) in [5.41, 5.74) is 8.66. The van der Waals surface area contributed by atoms with Gasteiger partial charge in [-0.3, -0.25) is 0 Å². The lowest BCUT2D eigenvalue weighted by Gasteiger charge is -2.34. The smallest absolute Gasteiger partial charge is 0.224 e. The summed E-state index contributed by atoms with van der Waals surface area (Å²) in [6.07, 6.45) is 2.67. The molecule has 1 aliphatic heterocycles. The largest absolute Gasteiger partial charge is 0.368 e. The zero-order valence-corrected chi connectivity index (χ0v) is 11.8. The summed E-state index contributed by atoms with van der Waals surface area (Å²) in [4.78, 5) is 19.6. The third kappa shape index (κ3) is 1.59. The molecule has 1 unspecified atom stereocenters. The number of aromatic amines is 1. The molecule has 4 heterocycles. The Balaban J connectivity index is 1.86. The Labute approximate surface area is 119 Å². The van der Waals surface area contributed by atoms with Crippen LogP contribution < -0.4 is 10.6 Å². The van der Waals surface area contributed by atoms with Gasteiger partial charge in [-0.05, 0) is 30.4 Å². The highest BCUT2D eigenvalue weighted by Crippen LogP contribution is 2.37. The van der Waals surface area contributed by atoms with E-state index in [0.29, 0.717) is 5.65 Å². The van der Waals surface area contributed by atoms with Gasteiger partial charge in [-0.25, -0.2) is 4.98 Å². The molecule has 102 valence electrons. The number of thiophene rings is 1. The summed E-state index contributed by atoms with van der Waals surface area (Å²) < 4.78 is 0. The predicted octanol–water partition coefficient (Wildman–Crippen LogP) is 2.12. The van der Waals surface area contributed by atoms with E-state index in [2.05, 4.69) is 43.2 Å². The highest BCUT2D eigenvalue weighted by atomic mass is 32.1. The van der Waals surface area contributed by atoms with Gasteiger partial charge in [0.25, 0.3) is 0 Å². The number of imidazole rings is 1. The number of H-pyrrole nitrogens is 1. The number of aromatic nitrogens is 4. The number of nitrogen functional groups attached to an aromatic ring is 1. The Morgan fingerprint density at radius 2 is 2.35 bits per heavy atom. The molecule has 1 atom stereocenters. The molecule has 4 rings (SSSR count). The first-order chi connectivity index (χ1) is 9.74. The number of rotatable bonds is 1. The molecule has 3 aromatic rings. The van der Waals surface area contributed by atoms with E-state index in [1.165, 1.54) is 10.4 Å². The van der Waals surface area contributed by atoms with Crippen LogP contribution in [0.5, 0.6) is 0 Å². The average Bonchev–Trinajstić information content (AvgIpc) is 3.06. The van der Waals surface area contributed by atoms with E-state index in [9.17, 15) is 0 Å². The van der Waals surface area contributed by atoms with Crippen molar-refractivity contribution in [3.05, 3.63) is 28.2 Å². The maximum Gasteiger partial charge on any atom is 0.224 e. The summed E-state index contributed by atoms with van der Waals surface area (Å²) in [5.74, 6) is 1.11. The van der Waals surface area contributed by atoms with Crippen LogP contribution in [-0.2, 0) is 6.42 Å². The van der Waals surface area contributed by atoms with Crippen molar-refractivity contribution in [1.29, 1.82) is 0 Å². The zero-order chi connectivity index (χ0) is 13.7. The number of anilines is 2. The number of nitrogens with two attached hydrogens (primary N) is 1. The lowest BCUT2D eigenvalue weighted by atomic mass is 10.0. The first-order valence-electron chi connectivity index (χ1n) is 6.53. The molecule has 1 aliphatic rings. The highest BCUT2D eigenvalue weighted by molar-refractivity contribution is 7.10. The second-order valence-corrected chi connectivity index (χ2v) is 5.93. The standard InChI is InChI=1S/C13H14N6S/c1-7-8-3-5-20-9(8)2-4-19(7)12-10-11(16-6-15-10)17-13(14)18-12/h3,5-7H,2,4H2,1H3,(H3,14,15,16,17,18). The third-order valence-electron chi connectivity index (χ3n) is 3.83. The second-order valence-electron chi connectivity index (χ2n) is 4.93. The maximum absolute atomic E-state index is 5.81. The van der Waals surface area contributed by atoms with Crippen molar-refractivity contribution >= 4 is 34.3 Å². The molecule has 0 fully saturated rings. The highest BCUT2D eigenvalue weighted by Gasteiger charge is 2.27. The van der Waals surface area contributed by atoms with Gasteiger partial charge < -0.3 is 15.6 Å². The van der Waals surface area contributed by atoms with E-state index in [1.807, 2.05) is 11.3 Å². The topological polar surface area (TPSA) is 83.7 Å². The Morgan fingerprint density at radius 3 is 3.25 bits per heavy atom. The summed E-state index contributed by atoms with van der Waals surface area (Å²) in [5, 5.41) is 2.16. The maximum atomic E-state index is 5.81. The lowest BCUT2D eigenvalue weighted by Crippen LogP contribution is -2.34. The molecule has 3 N–H and O–H groups in total. The Hall–Kier alpha value is -2.15. The van der Waals surface area contributed by atoms with E-state index in [1.54, 1.807) is 6.33 Å². The van der Waals surface area contributed by atoms with Crippen molar-refractivity contribution in [3.63, 3.8) is 0 Å².